The summed E-state index contributed by atoms with van der Waals surface area (Å²) in [6.45, 7) is 8.96. The molecule has 1 aliphatic heterocycles. The molecule has 0 amide bonds. The van der Waals surface area contributed by atoms with Crippen molar-refractivity contribution >= 4 is 5.71 Å². The summed E-state index contributed by atoms with van der Waals surface area (Å²) in [6.07, 6.45) is 1.03. The fourth-order valence-electron chi connectivity index (χ4n) is 0.894. The lowest BCUT2D eigenvalue weighted by molar-refractivity contribution is 0.615. The SMILES string of the molecule is CC.CC1=NN=NCC(C)C1. The van der Waals surface area contributed by atoms with Crippen LogP contribution in [0, 0.1) is 5.92 Å². The van der Waals surface area contributed by atoms with E-state index in [1.165, 1.54) is 0 Å². The maximum absolute atomic E-state index is 3.85. The lowest BCUT2D eigenvalue weighted by atomic mass is 10.1. The van der Waals surface area contributed by atoms with E-state index in [2.05, 4.69) is 22.4 Å². The normalized spacial score (nSPS) is 22.9. The Morgan fingerprint density at radius 3 is 2.64 bits per heavy atom. The van der Waals surface area contributed by atoms with Gasteiger partial charge in [0.05, 0.1) is 6.54 Å². The Hall–Kier alpha value is -0.730. The largest absolute Gasteiger partial charge is 0.169 e. The van der Waals surface area contributed by atoms with Crippen molar-refractivity contribution in [2.45, 2.75) is 34.1 Å². The molecule has 0 saturated heterocycles. The zero-order valence-corrected chi connectivity index (χ0v) is 7.83. The van der Waals surface area contributed by atoms with Crippen molar-refractivity contribution in [3.05, 3.63) is 0 Å². The van der Waals surface area contributed by atoms with Crippen LogP contribution in [0.4, 0.5) is 0 Å². The number of rotatable bonds is 0. The first-order valence-electron chi connectivity index (χ1n) is 4.19. The maximum atomic E-state index is 3.85. The molecule has 0 radical (unpaired) electrons. The van der Waals surface area contributed by atoms with Crippen molar-refractivity contribution in [2.24, 2.45) is 21.4 Å². The molecule has 3 heteroatoms. The fraction of sp³-hybridized carbons (Fsp3) is 0.875. The lowest BCUT2D eigenvalue weighted by Gasteiger charge is -2.01. The zero-order chi connectivity index (χ0) is 8.69. The van der Waals surface area contributed by atoms with Gasteiger partial charge in [0.15, 0.2) is 0 Å². The van der Waals surface area contributed by atoms with Gasteiger partial charge < -0.3 is 0 Å². The number of hydrogen-bond donors (Lipinski definition) is 0. The van der Waals surface area contributed by atoms with Crippen molar-refractivity contribution in [3.63, 3.8) is 0 Å². The van der Waals surface area contributed by atoms with Gasteiger partial charge in [0.25, 0.3) is 0 Å². The maximum Gasteiger partial charge on any atom is 0.0650 e. The molecule has 0 aromatic carbocycles. The molecule has 0 spiro atoms. The molecule has 0 aromatic heterocycles. The predicted molar refractivity (Wildman–Crippen MR) is 48.0 cm³/mol. The second-order valence-corrected chi connectivity index (χ2v) is 2.56. The van der Waals surface area contributed by atoms with E-state index in [1.54, 1.807) is 0 Å². The first-order chi connectivity index (χ1) is 5.29. The highest BCUT2D eigenvalue weighted by Crippen LogP contribution is 2.07. The molecule has 1 atom stereocenters. The van der Waals surface area contributed by atoms with Gasteiger partial charge in [0.1, 0.15) is 0 Å². The third-order valence-corrected chi connectivity index (χ3v) is 1.32. The van der Waals surface area contributed by atoms with Crippen LogP contribution in [0.5, 0.6) is 0 Å². The van der Waals surface area contributed by atoms with Crippen molar-refractivity contribution in [3.8, 4) is 0 Å². The van der Waals surface area contributed by atoms with E-state index >= 15 is 0 Å². The molecule has 1 heterocycles. The molecule has 0 bridgehead atoms. The Labute approximate surface area is 68.6 Å². The van der Waals surface area contributed by atoms with Gasteiger partial charge in [-0.3, -0.25) is 0 Å². The van der Waals surface area contributed by atoms with Crippen molar-refractivity contribution in [2.75, 3.05) is 6.54 Å². The summed E-state index contributed by atoms with van der Waals surface area (Å²) in [5.41, 5.74) is 1.09. The van der Waals surface area contributed by atoms with Gasteiger partial charge in [-0.2, -0.15) is 5.11 Å². The molecule has 0 N–H and O–H groups in total. The third-order valence-electron chi connectivity index (χ3n) is 1.32. The monoisotopic (exact) mass is 155 g/mol. The van der Waals surface area contributed by atoms with E-state index in [-0.39, 0.29) is 0 Å². The van der Waals surface area contributed by atoms with Crippen LogP contribution >= 0.6 is 0 Å². The van der Waals surface area contributed by atoms with Crippen LogP contribution in [0.2, 0.25) is 0 Å². The standard InChI is InChI=1S/C6H11N3.C2H6/c1-5-3-6(2)8-9-7-4-5;1-2/h5H,3-4H2,1-2H3;1-2H3. The summed E-state index contributed by atoms with van der Waals surface area (Å²) < 4.78 is 0. The third kappa shape index (κ3) is 4.65. The van der Waals surface area contributed by atoms with Gasteiger partial charge in [-0.15, -0.1) is 5.10 Å². The van der Waals surface area contributed by atoms with Gasteiger partial charge in [-0.1, -0.05) is 20.8 Å². The van der Waals surface area contributed by atoms with Gasteiger partial charge >= 0.3 is 0 Å². The molecular weight excluding hydrogens is 138 g/mol. The Kier molecular flexibility index (Phi) is 5.61. The van der Waals surface area contributed by atoms with Gasteiger partial charge in [0.2, 0.25) is 0 Å². The highest BCUT2D eigenvalue weighted by Gasteiger charge is 2.04. The van der Waals surface area contributed by atoms with E-state index in [0.717, 1.165) is 18.7 Å². The lowest BCUT2D eigenvalue weighted by Crippen LogP contribution is -2.02. The van der Waals surface area contributed by atoms with Crippen LogP contribution in [0.3, 0.4) is 0 Å². The quantitative estimate of drug-likeness (QED) is 0.516. The predicted octanol–water partition coefficient (Wildman–Crippen LogP) is 2.88. The average Bonchev–Trinajstić information content (AvgIpc) is 2.18. The van der Waals surface area contributed by atoms with E-state index < -0.39 is 0 Å². The Morgan fingerprint density at radius 1 is 1.36 bits per heavy atom. The van der Waals surface area contributed by atoms with Crippen LogP contribution in [-0.2, 0) is 0 Å². The molecule has 0 aromatic rings. The van der Waals surface area contributed by atoms with Crippen LogP contribution < -0.4 is 0 Å². The molecule has 0 fully saturated rings. The number of nitrogens with zero attached hydrogens (tertiary/aromatic N) is 3. The minimum Gasteiger partial charge on any atom is -0.169 e. The Bertz CT molecular complexity index is 149. The molecule has 0 saturated carbocycles. The number of hydrogen-bond acceptors (Lipinski definition) is 3. The second kappa shape index (κ2) is 6.01. The van der Waals surface area contributed by atoms with E-state index in [4.69, 9.17) is 0 Å². The summed E-state index contributed by atoms with van der Waals surface area (Å²) in [4.78, 5) is 0. The van der Waals surface area contributed by atoms with Crippen LogP contribution in [0.25, 0.3) is 0 Å². The Balaban J connectivity index is 0.000000461. The Morgan fingerprint density at radius 2 is 2.00 bits per heavy atom. The van der Waals surface area contributed by atoms with E-state index in [1.807, 2.05) is 20.8 Å². The molecular formula is C8H17N3. The molecule has 1 rings (SSSR count). The highest BCUT2D eigenvalue weighted by molar-refractivity contribution is 5.81. The van der Waals surface area contributed by atoms with Crippen molar-refractivity contribution < 1.29 is 0 Å². The first-order valence-corrected chi connectivity index (χ1v) is 4.19. The van der Waals surface area contributed by atoms with E-state index in [0.29, 0.717) is 5.92 Å². The highest BCUT2D eigenvalue weighted by atomic mass is 15.4. The van der Waals surface area contributed by atoms with Gasteiger partial charge in [-0.25, -0.2) is 0 Å². The average molecular weight is 155 g/mol. The van der Waals surface area contributed by atoms with Gasteiger partial charge in [-0.05, 0) is 24.5 Å². The van der Waals surface area contributed by atoms with Crippen molar-refractivity contribution in [1.29, 1.82) is 0 Å². The first kappa shape index (κ1) is 10.3. The summed E-state index contributed by atoms with van der Waals surface area (Å²) >= 11 is 0. The van der Waals surface area contributed by atoms with E-state index in [9.17, 15) is 0 Å². The van der Waals surface area contributed by atoms with Crippen LogP contribution in [-0.4, -0.2) is 12.3 Å². The molecule has 1 unspecified atom stereocenters. The minimum atomic E-state index is 0.611. The second-order valence-electron chi connectivity index (χ2n) is 2.56. The van der Waals surface area contributed by atoms with Crippen LogP contribution in [0.1, 0.15) is 34.1 Å². The molecule has 0 aliphatic carbocycles. The summed E-state index contributed by atoms with van der Waals surface area (Å²) in [6, 6.07) is 0. The molecule has 11 heavy (non-hydrogen) atoms. The topological polar surface area (TPSA) is 37.1 Å². The molecule has 3 nitrogen and oxygen atoms in total. The summed E-state index contributed by atoms with van der Waals surface area (Å²) in [5.74, 6) is 0.611. The summed E-state index contributed by atoms with van der Waals surface area (Å²) in [5, 5.41) is 11.3. The summed E-state index contributed by atoms with van der Waals surface area (Å²) in [7, 11) is 0. The molecule has 64 valence electrons. The van der Waals surface area contributed by atoms with Gasteiger partial charge in [0, 0.05) is 5.71 Å². The van der Waals surface area contributed by atoms with Crippen molar-refractivity contribution in [1.82, 2.24) is 0 Å². The fourth-order valence-corrected chi connectivity index (χ4v) is 0.894. The molecule has 1 aliphatic rings. The smallest absolute Gasteiger partial charge is 0.0650 e. The van der Waals surface area contributed by atoms with Crippen LogP contribution in [0.15, 0.2) is 15.4 Å². The zero-order valence-electron chi connectivity index (χ0n) is 7.83. The minimum absolute atomic E-state index is 0.611.